The Bertz CT molecular complexity index is 567. The Morgan fingerprint density at radius 3 is 3.05 bits per heavy atom. The number of benzene rings is 1. The van der Waals surface area contributed by atoms with Crippen LogP contribution in [0.5, 0.6) is 0 Å². The topological polar surface area (TPSA) is 29.3 Å². The molecular formula is C15H17FN2O. The van der Waals surface area contributed by atoms with Gasteiger partial charge in [0.1, 0.15) is 5.82 Å². The van der Waals surface area contributed by atoms with Crippen molar-refractivity contribution in [2.45, 2.75) is 32.4 Å². The molecule has 0 amide bonds. The van der Waals surface area contributed by atoms with Crippen molar-refractivity contribution in [2.75, 3.05) is 6.54 Å². The number of halogens is 1. The lowest BCUT2D eigenvalue weighted by Gasteiger charge is -2.22. The predicted molar refractivity (Wildman–Crippen MR) is 70.0 cm³/mol. The van der Waals surface area contributed by atoms with Crippen LogP contribution in [-0.4, -0.2) is 16.6 Å². The highest BCUT2D eigenvalue weighted by Gasteiger charge is 2.28. The molecule has 1 aromatic carbocycles. The molecular weight excluding hydrogens is 243 g/mol. The molecule has 4 heteroatoms. The largest absolute Gasteiger partial charge is 0.359 e. The van der Waals surface area contributed by atoms with Gasteiger partial charge in [-0.15, -0.1) is 0 Å². The fourth-order valence-electron chi connectivity index (χ4n) is 2.75. The highest BCUT2D eigenvalue weighted by Crippen LogP contribution is 2.33. The summed E-state index contributed by atoms with van der Waals surface area (Å²) in [5, 5.41) is 3.96. The maximum Gasteiger partial charge on any atom is 0.154 e. The summed E-state index contributed by atoms with van der Waals surface area (Å²) in [6.07, 6.45) is 2.21. The van der Waals surface area contributed by atoms with Crippen molar-refractivity contribution in [3.63, 3.8) is 0 Å². The lowest BCUT2D eigenvalue weighted by Crippen LogP contribution is -2.22. The van der Waals surface area contributed by atoms with E-state index < -0.39 is 0 Å². The fourth-order valence-corrected chi connectivity index (χ4v) is 2.75. The minimum atomic E-state index is -0.177. The molecule has 0 N–H and O–H groups in total. The minimum absolute atomic E-state index is 0.177. The van der Waals surface area contributed by atoms with Gasteiger partial charge in [0.05, 0.1) is 11.7 Å². The molecule has 1 aliphatic heterocycles. The van der Waals surface area contributed by atoms with E-state index in [1.54, 1.807) is 12.1 Å². The normalized spacial score (nSPS) is 20.0. The predicted octanol–water partition coefficient (Wildman–Crippen LogP) is 3.46. The van der Waals surface area contributed by atoms with E-state index in [4.69, 9.17) is 4.52 Å². The second-order valence-electron chi connectivity index (χ2n) is 5.13. The van der Waals surface area contributed by atoms with Crippen molar-refractivity contribution in [2.24, 2.45) is 0 Å². The van der Waals surface area contributed by atoms with Crippen LogP contribution >= 0.6 is 0 Å². The van der Waals surface area contributed by atoms with Gasteiger partial charge < -0.3 is 4.52 Å². The average Bonchev–Trinajstić information content (AvgIpc) is 2.98. The third kappa shape index (κ3) is 2.68. The molecule has 3 rings (SSSR count). The summed E-state index contributed by atoms with van der Waals surface area (Å²) in [6.45, 7) is 3.70. The first-order valence-corrected chi connectivity index (χ1v) is 6.64. The maximum atomic E-state index is 13.2. The number of likely N-dealkylation sites (tertiary alicyclic amines) is 1. The fraction of sp³-hybridized carbons (Fsp3) is 0.400. The van der Waals surface area contributed by atoms with E-state index in [0.29, 0.717) is 0 Å². The Labute approximate surface area is 112 Å². The van der Waals surface area contributed by atoms with Crippen LogP contribution in [0.3, 0.4) is 0 Å². The zero-order valence-corrected chi connectivity index (χ0v) is 11.0. The molecule has 1 unspecified atom stereocenters. The molecule has 1 aliphatic rings. The monoisotopic (exact) mass is 260 g/mol. The zero-order chi connectivity index (χ0) is 13.2. The lowest BCUT2D eigenvalue weighted by atomic mass is 10.1. The van der Waals surface area contributed by atoms with E-state index in [2.05, 4.69) is 10.1 Å². The quantitative estimate of drug-likeness (QED) is 0.846. The maximum absolute atomic E-state index is 13.2. The number of hydrogen-bond donors (Lipinski definition) is 0. The van der Waals surface area contributed by atoms with Gasteiger partial charge in [-0.2, -0.15) is 0 Å². The molecule has 0 spiro atoms. The van der Waals surface area contributed by atoms with E-state index in [1.165, 1.54) is 6.07 Å². The highest BCUT2D eigenvalue weighted by atomic mass is 19.1. The number of aryl methyl sites for hydroxylation is 1. The second-order valence-corrected chi connectivity index (χ2v) is 5.13. The minimum Gasteiger partial charge on any atom is -0.359 e. The molecule has 0 bridgehead atoms. The molecule has 2 heterocycles. The zero-order valence-electron chi connectivity index (χ0n) is 11.0. The van der Waals surface area contributed by atoms with E-state index >= 15 is 0 Å². The van der Waals surface area contributed by atoms with Gasteiger partial charge in [0.2, 0.25) is 0 Å². The van der Waals surface area contributed by atoms with Crippen LogP contribution in [0.2, 0.25) is 0 Å². The Hall–Kier alpha value is -1.68. The Balaban J connectivity index is 1.76. The molecule has 19 heavy (non-hydrogen) atoms. The summed E-state index contributed by atoms with van der Waals surface area (Å²) >= 11 is 0. The van der Waals surface area contributed by atoms with Crippen molar-refractivity contribution < 1.29 is 8.91 Å². The van der Waals surface area contributed by atoms with Crippen molar-refractivity contribution >= 4 is 0 Å². The molecule has 1 aromatic heterocycles. The van der Waals surface area contributed by atoms with E-state index in [0.717, 1.165) is 42.9 Å². The van der Waals surface area contributed by atoms with E-state index in [9.17, 15) is 4.39 Å². The summed E-state index contributed by atoms with van der Waals surface area (Å²) in [4.78, 5) is 2.33. The number of nitrogens with zero attached hydrogens (tertiary/aromatic N) is 2. The summed E-state index contributed by atoms with van der Waals surface area (Å²) < 4.78 is 18.6. The first-order valence-electron chi connectivity index (χ1n) is 6.64. The van der Waals surface area contributed by atoms with Gasteiger partial charge in [-0.05, 0) is 44.0 Å². The SMILES string of the molecule is Cc1cc(C2CCCN2Cc2cccc(F)c2)on1. The Morgan fingerprint density at radius 1 is 1.42 bits per heavy atom. The Kier molecular flexibility index (Phi) is 3.34. The first kappa shape index (κ1) is 12.4. The van der Waals surface area contributed by atoms with E-state index in [-0.39, 0.29) is 11.9 Å². The van der Waals surface area contributed by atoms with Crippen molar-refractivity contribution in [1.29, 1.82) is 0 Å². The van der Waals surface area contributed by atoms with Crippen LogP contribution in [0, 0.1) is 12.7 Å². The number of rotatable bonds is 3. The molecule has 3 nitrogen and oxygen atoms in total. The molecule has 2 aromatic rings. The summed E-state index contributed by atoms with van der Waals surface area (Å²) in [5.41, 5.74) is 1.91. The van der Waals surface area contributed by atoms with Crippen molar-refractivity contribution in [3.05, 3.63) is 53.2 Å². The molecule has 0 radical (unpaired) electrons. The van der Waals surface area contributed by atoms with Gasteiger partial charge in [-0.25, -0.2) is 4.39 Å². The molecule has 0 aliphatic carbocycles. The lowest BCUT2D eigenvalue weighted by molar-refractivity contribution is 0.206. The first-order chi connectivity index (χ1) is 9.22. The van der Waals surface area contributed by atoms with Gasteiger partial charge in [0.25, 0.3) is 0 Å². The van der Waals surface area contributed by atoms with Crippen LogP contribution in [0.25, 0.3) is 0 Å². The summed E-state index contributed by atoms with van der Waals surface area (Å²) in [6, 6.07) is 9.06. The molecule has 1 fully saturated rings. The average molecular weight is 260 g/mol. The van der Waals surface area contributed by atoms with Crippen LogP contribution in [-0.2, 0) is 6.54 Å². The van der Waals surface area contributed by atoms with Crippen LogP contribution in [0.1, 0.15) is 35.9 Å². The van der Waals surface area contributed by atoms with Gasteiger partial charge in [0.15, 0.2) is 5.76 Å². The summed E-state index contributed by atoms with van der Waals surface area (Å²) in [5.74, 6) is 0.746. The van der Waals surface area contributed by atoms with Gasteiger partial charge in [-0.1, -0.05) is 17.3 Å². The van der Waals surface area contributed by atoms with Crippen LogP contribution < -0.4 is 0 Å². The molecule has 1 saturated heterocycles. The molecule has 0 saturated carbocycles. The standard InChI is InChI=1S/C15H17FN2O/c1-11-8-15(19-17-11)14-6-3-7-18(14)10-12-4-2-5-13(16)9-12/h2,4-5,8-9,14H,3,6-7,10H2,1H3. The van der Waals surface area contributed by atoms with Crippen LogP contribution in [0.4, 0.5) is 4.39 Å². The third-order valence-electron chi connectivity index (χ3n) is 3.61. The third-order valence-corrected chi connectivity index (χ3v) is 3.61. The van der Waals surface area contributed by atoms with Crippen LogP contribution in [0.15, 0.2) is 34.9 Å². The number of aromatic nitrogens is 1. The Morgan fingerprint density at radius 2 is 2.32 bits per heavy atom. The van der Waals surface area contributed by atoms with Crippen molar-refractivity contribution in [3.8, 4) is 0 Å². The molecule has 1 atom stereocenters. The van der Waals surface area contributed by atoms with Gasteiger partial charge in [0, 0.05) is 12.6 Å². The molecule has 100 valence electrons. The van der Waals surface area contributed by atoms with Gasteiger partial charge >= 0.3 is 0 Å². The number of hydrogen-bond acceptors (Lipinski definition) is 3. The smallest absolute Gasteiger partial charge is 0.154 e. The highest BCUT2D eigenvalue weighted by molar-refractivity contribution is 5.17. The second kappa shape index (κ2) is 5.13. The summed E-state index contributed by atoms with van der Waals surface area (Å²) in [7, 11) is 0. The van der Waals surface area contributed by atoms with E-state index in [1.807, 2.05) is 19.1 Å². The van der Waals surface area contributed by atoms with Crippen molar-refractivity contribution in [1.82, 2.24) is 10.1 Å². The van der Waals surface area contributed by atoms with Gasteiger partial charge in [-0.3, -0.25) is 4.90 Å².